The Labute approximate surface area is 135 Å². The summed E-state index contributed by atoms with van der Waals surface area (Å²) in [6, 6.07) is 2.32. The van der Waals surface area contributed by atoms with Crippen LogP contribution in [0, 0.1) is 0 Å². The molecule has 0 aliphatic carbocycles. The molecule has 1 heterocycles. The second-order valence-corrected chi connectivity index (χ2v) is 5.61. The summed E-state index contributed by atoms with van der Waals surface area (Å²) in [4.78, 5) is 24.4. The van der Waals surface area contributed by atoms with E-state index in [0.717, 1.165) is 12.1 Å². The number of likely N-dealkylation sites (tertiary alicyclic amines) is 1. The van der Waals surface area contributed by atoms with Crippen LogP contribution in [0.3, 0.4) is 0 Å². The van der Waals surface area contributed by atoms with Crippen molar-refractivity contribution in [2.24, 2.45) is 0 Å². The number of hydrogen-bond donors (Lipinski definition) is 2. The first-order chi connectivity index (χ1) is 10.7. The minimum Gasteiger partial charge on any atom is -0.480 e. The first kappa shape index (κ1) is 17.6. The summed E-state index contributed by atoms with van der Waals surface area (Å²) in [6.45, 7) is 0.264. The molecule has 2 rings (SSSR count). The summed E-state index contributed by atoms with van der Waals surface area (Å²) < 4.78 is 38.3. The van der Waals surface area contributed by atoms with E-state index in [4.69, 9.17) is 16.7 Å². The van der Waals surface area contributed by atoms with Crippen LogP contribution < -0.4 is 5.32 Å². The molecule has 1 aliphatic rings. The fraction of sp³-hybridized carbons (Fsp3) is 0.429. The lowest BCUT2D eigenvalue weighted by molar-refractivity contribution is -0.142. The van der Waals surface area contributed by atoms with Crippen molar-refractivity contribution < 1.29 is 27.9 Å². The zero-order valence-electron chi connectivity index (χ0n) is 11.9. The predicted molar refractivity (Wildman–Crippen MR) is 77.3 cm³/mol. The molecule has 1 aromatic rings. The molecule has 2 N–H and O–H groups in total. The van der Waals surface area contributed by atoms with Crippen LogP contribution in [0.5, 0.6) is 0 Å². The van der Waals surface area contributed by atoms with Crippen molar-refractivity contribution >= 4 is 29.2 Å². The van der Waals surface area contributed by atoms with Gasteiger partial charge in [-0.2, -0.15) is 13.2 Å². The highest BCUT2D eigenvalue weighted by molar-refractivity contribution is 6.31. The third kappa shape index (κ3) is 4.35. The van der Waals surface area contributed by atoms with Gasteiger partial charge < -0.3 is 10.4 Å². The van der Waals surface area contributed by atoms with Crippen LogP contribution in [0.4, 0.5) is 18.9 Å². The summed E-state index contributed by atoms with van der Waals surface area (Å²) in [6.07, 6.45) is -3.52. The third-order valence-corrected chi connectivity index (χ3v) is 3.88. The second kappa shape index (κ2) is 6.76. The van der Waals surface area contributed by atoms with Gasteiger partial charge in [0.15, 0.2) is 0 Å². The van der Waals surface area contributed by atoms with Crippen molar-refractivity contribution in [3.8, 4) is 0 Å². The minimum atomic E-state index is -4.62. The number of alkyl halides is 3. The number of anilines is 1. The minimum absolute atomic E-state index is 0.0437. The van der Waals surface area contributed by atoms with Gasteiger partial charge in [-0.1, -0.05) is 11.6 Å². The summed E-state index contributed by atoms with van der Waals surface area (Å²) in [5, 5.41) is 10.9. The van der Waals surface area contributed by atoms with Crippen molar-refractivity contribution in [2.75, 3.05) is 18.4 Å². The molecule has 5 nitrogen and oxygen atoms in total. The Kier molecular flexibility index (Phi) is 5.16. The highest BCUT2D eigenvalue weighted by atomic mass is 35.5. The number of benzene rings is 1. The van der Waals surface area contributed by atoms with Gasteiger partial charge in [0.25, 0.3) is 0 Å². The fourth-order valence-electron chi connectivity index (χ4n) is 2.50. The number of nitrogens with zero attached hydrogens (tertiary/aromatic N) is 1. The van der Waals surface area contributed by atoms with Crippen LogP contribution in [0.2, 0.25) is 5.02 Å². The van der Waals surface area contributed by atoms with Gasteiger partial charge in [0.2, 0.25) is 5.91 Å². The number of carboxylic acid groups (broad SMARTS) is 1. The maximum atomic E-state index is 12.8. The number of carbonyl (C=O) groups is 2. The lowest BCUT2D eigenvalue weighted by atomic mass is 10.2. The maximum Gasteiger partial charge on any atom is 0.417 e. The van der Waals surface area contributed by atoms with Gasteiger partial charge in [-0.15, -0.1) is 0 Å². The number of rotatable bonds is 4. The lowest BCUT2D eigenvalue weighted by Gasteiger charge is -2.20. The van der Waals surface area contributed by atoms with Crippen LogP contribution in [0.25, 0.3) is 0 Å². The fourth-order valence-corrected chi connectivity index (χ4v) is 2.72. The van der Waals surface area contributed by atoms with Crippen LogP contribution in [-0.2, 0) is 15.8 Å². The molecular formula is C14H14ClF3N2O3. The van der Waals surface area contributed by atoms with Crippen molar-refractivity contribution in [1.29, 1.82) is 0 Å². The first-order valence-corrected chi connectivity index (χ1v) is 7.19. The van der Waals surface area contributed by atoms with E-state index in [9.17, 15) is 22.8 Å². The molecule has 0 spiro atoms. The van der Waals surface area contributed by atoms with Crippen molar-refractivity contribution in [3.63, 3.8) is 0 Å². The van der Waals surface area contributed by atoms with Crippen LogP contribution in [0.1, 0.15) is 18.4 Å². The number of hydrogen-bond acceptors (Lipinski definition) is 3. The normalized spacial score (nSPS) is 18.9. The molecule has 23 heavy (non-hydrogen) atoms. The van der Waals surface area contributed by atoms with Gasteiger partial charge in [-0.05, 0) is 37.6 Å². The maximum absolute atomic E-state index is 12.8. The zero-order chi connectivity index (χ0) is 17.2. The quantitative estimate of drug-likeness (QED) is 0.876. The molecule has 1 fully saturated rings. The van der Waals surface area contributed by atoms with Crippen molar-refractivity contribution in [2.45, 2.75) is 25.1 Å². The first-order valence-electron chi connectivity index (χ1n) is 6.82. The predicted octanol–water partition coefficient (Wildman–Crippen LogP) is 2.85. The number of amides is 1. The van der Waals surface area contributed by atoms with E-state index in [2.05, 4.69) is 5.32 Å². The van der Waals surface area contributed by atoms with Gasteiger partial charge in [0.1, 0.15) is 6.04 Å². The molecule has 1 amide bonds. The number of halogens is 4. The average Bonchev–Trinajstić information content (AvgIpc) is 2.87. The number of aliphatic carboxylic acids is 1. The SMILES string of the molecule is O=C(CN1CCCC1C(=O)O)Nc1ccc(Cl)c(C(F)(F)F)c1. The van der Waals surface area contributed by atoms with E-state index < -0.39 is 34.7 Å². The van der Waals surface area contributed by atoms with Gasteiger partial charge >= 0.3 is 12.1 Å². The molecule has 1 aromatic carbocycles. The zero-order valence-corrected chi connectivity index (χ0v) is 12.6. The Hall–Kier alpha value is -1.80. The Balaban J connectivity index is 2.05. The van der Waals surface area contributed by atoms with Crippen LogP contribution in [0.15, 0.2) is 18.2 Å². The van der Waals surface area contributed by atoms with E-state index >= 15 is 0 Å². The molecule has 0 radical (unpaired) electrons. The smallest absolute Gasteiger partial charge is 0.417 e. The molecular weight excluding hydrogens is 337 g/mol. The molecule has 0 aromatic heterocycles. The highest BCUT2D eigenvalue weighted by Gasteiger charge is 2.34. The highest BCUT2D eigenvalue weighted by Crippen LogP contribution is 2.36. The Morgan fingerprint density at radius 2 is 2.09 bits per heavy atom. The monoisotopic (exact) mass is 350 g/mol. The van der Waals surface area contributed by atoms with E-state index in [1.54, 1.807) is 0 Å². The molecule has 1 aliphatic heterocycles. The summed E-state index contributed by atoms with van der Waals surface area (Å²) in [5.41, 5.74) is -1.08. The van der Waals surface area contributed by atoms with Crippen LogP contribution in [-0.4, -0.2) is 41.0 Å². The molecule has 126 valence electrons. The van der Waals surface area contributed by atoms with E-state index in [-0.39, 0.29) is 12.2 Å². The molecule has 1 unspecified atom stereocenters. The Morgan fingerprint density at radius 1 is 1.39 bits per heavy atom. The molecule has 1 saturated heterocycles. The number of nitrogens with one attached hydrogen (secondary N) is 1. The molecule has 1 atom stereocenters. The largest absolute Gasteiger partial charge is 0.480 e. The Bertz CT molecular complexity index is 622. The van der Waals surface area contributed by atoms with E-state index in [1.807, 2.05) is 0 Å². The lowest BCUT2D eigenvalue weighted by Crippen LogP contribution is -2.40. The van der Waals surface area contributed by atoms with Crippen LogP contribution >= 0.6 is 11.6 Å². The molecule has 0 saturated carbocycles. The van der Waals surface area contributed by atoms with Crippen molar-refractivity contribution in [1.82, 2.24) is 4.90 Å². The third-order valence-electron chi connectivity index (χ3n) is 3.55. The van der Waals surface area contributed by atoms with Gasteiger partial charge in [0, 0.05) is 5.69 Å². The van der Waals surface area contributed by atoms with Gasteiger partial charge in [-0.25, -0.2) is 0 Å². The van der Waals surface area contributed by atoms with Gasteiger partial charge in [-0.3, -0.25) is 14.5 Å². The van der Waals surface area contributed by atoms with E-state index in [1.165, 1.54) is 11.0 Å². The molecule has 0 bridgehead atoms. The standard InChI is InChI=1S/C14H14ClF3N2O3/c15-10-4-3-8(6-9(10)14(16,17)18)19-12(21)7-20-5-1-2-11(20)13(22)23/h3-4,6,11H,1-2,5,7H2,(H,19,21)(H,22,23). The second-order valence-electron chi connectivity index (χ2n) is 5.21. The van der Waals surface area contributed by atoms with E-state index in [0.29, 0.717) is 19.4 Å². The molecule has 9 heteroatoms. The summed E-state index contributed by atoms with van der Waals surface area (Å²) in [7, 11) is 0. The topological polar surface area (TPSA) is 69.6 Å². The van der Waals surface area contributed by atoms with Gasteiger partial charge in [0.05, 0.1) is 17.1 Å². The Morgan fingerprint density at radius 3 is 2.70 bits per heavy atom. The summed E-state index contributed by atoms with van der Waals surface area (Å²) in [5.74, 6) is -1.59. The average molecular weight is 351 g/mol. The number of carbonyl (C=O) groups excluding carboxylic acids is 1. The van der Waals surface area contributed by atoms with Crippen molar-refractivity contribution in [3.05, 3.63) is 28.8 Å². The number of carboxylic acids is 1. The summed E-state index contributed by atoms with van der Waals surface area (Å²) >= 11 is 5.50.